The van der Waals surface area contributed by atoms with Crippen LogP contribution >= 0.6 is 11.6 Å². The average molecular weight is 288 g/mol. The second kappa shape index (κ2) is 5.57. The molecule has 0 amide bonds. The summed E-state index contributed by atoms with van der Waals surface area (Å²) in [5.41, 5.74) is 3.47. The van der Waals surface area contributed by atoms with E-state index in [1.165, 1.54) is 11.1 Å². The highest BCUT2D eigenvalue weighted by Gasteiger charge is 2.32. The number of hydrogen-bond donors (Lipinski definition) is 1. The molecule has 2 aromatic rings. The van der Waals surface area contributed by atoms with Gasteiger partial charge in [0.15, 0.2) is 0 Å². The van der Waals surface area contributed by atoms with Crippen LogP contribution in [0.5, 0.6) is 0 Å². The molecule has 20 heavy (non-hydrogen) atoms. The Balaban J connectivity index is 1.79. The van der Waals surface area contributed by atoms with Crippen molar-refractivity contribution < 1.29 is 5.11 Å². The molecular formula is C17H18ClNO. The van der Waals surface area contributed by atoms with Gasteiger partial charge in [0, 0.05) is 24.0 Å². The van der Waals surface area contributed by atoms with E-state index in [0.717, 1.165) is 12.1 Å². The number of likely N-dealkylation sites (N-methyl/N-ethyl adjacent to an activating group) is 1. The van der Waals surface area contributed by atoms with Crippen LogP contribution in [0.3, 0.4) is 0 Å². The normalized spacial score (nSPS) is 22.6. The topological polar surface area (TPSA) is 23.2 Å². The first kappa shape index (κ1) is 13.6. The number of halogens is 1. The summed E-state index contributed by atoms with van der Waals surface area (Å²) in [5.74, 6) is 0. The Morgan fingerprint density at radius 3 is 2.50 bits per heavy atom. The molecule has 104 valence electrons. The number of nitrogens with zero attached hydrogens (tertiary/aromatic N) is 1. The van der Waals surface area contributed by atoms with Crippen molar-refractivity contribution in [1.82, 2.24) is 4.90 Å². The zero-order chi connectivity index (χ0) is 14.1. The lowest BCUT2D eigenvalue weighted by molar-refractivity contribution is 0.178. The zero-order valence-corrected chi connectivity index (χ0v) is 12.2. The largest absolute Gasteiger partial charge is 0.388 e. The van der Waals surface area contributed by atoms with E-state index in [2.05, 4.69) is 30.1 Å². The molecule has 1 saturated heterocycles. The standard InChI is InChI=1S/C17H18ClNO/c1-19-11-16(19)15-5-3-2-4-13(15)10-17(20)12-6-8-14(18)9-7-12/h2-9,16-17,20H,10-11H2,1H3/t16-,17-,19?/m1/s1. The van der Waals surface area contributed by atoms with E-state index in [1.807, 2.05) is 30.3 Å². The molecule has 1 N–H and O–H groups in total. The molecule has 0 spiro atoms. The van der Waals surface area contributed by atoms with Gasteiger partial charge in [0.25, 0.3) is 0 Å². The molecule has 2 aromatic carbocycles. The molecule has 0 aliphatic carbocycles. The van der Waals surface area contributed by atoms with Crippen LogP contribution in [-0.2, 0) is 6.42 Å². The third-order valence-electron chi connectivity index (χ3n) is 3.94. The highest BCUT2D eigenvalue weighted by Crippen LogP contribution is 2.35. The molecule has 1 aliphatic heterocycles. The number of benzene rings is 2. The summed E-state index contributed by atoms with van der Waals surface area (Å²) in [6.07, 6.45) is 0.153. The van der Waals surface area contributed by atoms with Crippen molar-refractivity contribution in [3.8, 4) is 0 Å². The van der Waals surface area contributed by atoms with Gasteiger partial charge in [-0.25, -0.2) is 0 Å². The number of aliphatic hydroxyl groups excluding tert-OH is 1. The molecule has 0 bridgehead atoms. The van der Waals surface area contributed by atoms with Crippen molar-refractivity contribution in [2.75, 3.05) is 13.6 Å². The van der Waals surface area contributed by atoms with Crippen molar-refractivity contribution >= 4 is 11.6 Å². The molecule has 0 radical (unpaired) electrons. The zero-order valence-electron chi connectivity index (χ0n) is 11.5. The van der Waals surface area contributed by atoms with Crippen LogP contribution in [0.15, 0.2) is 48.5 Å². The van der Waals surface area contributed by atoms with Crippen molar-refractivity contribution in [3.05, 3.63) is 70.2 Å². The predicted molar refractivity (Wildman–Crippen MR) is 81.9 cm³/mol. The summed E-state index contributed by atoms with van der Waals surface area (Å²) in [6, 6.07) is 16.3. The van der Waals surface area contributed by atoms with Crippen LogP contribution < -0.4 is 0 Å². The molecule has 3 heteroatoms. The van der Waals surface area contributed by atoms with Crippen LogP contribution in [0.1, 0.15) is 28.8 Å². The SMILES string of the molecule is CN1C[C@@H]1c1ccccc1C[C@@H](O)c1ccc(Cl)cc1. The summed E-state index contributed by atoms with van der Waals surface area (Å²) < 4.78 is 0. The Bertz CT molecular complexity index is 596. The molecule has 1 unspecified atom stereocenters. The van der Waals surface area contributed by atoms with E-state index < -0.39 is 6.10 Å². The van der Waals surface area contributed by atoms with Gasteiger partial charge in [-0.05, 0) is 35.9 Å². The fourth-order valence-corrected chi connectivity index (χ4v) is 2.74. The summed E-state index contributed by atoms with van der Waals surface area (Å²) in [4.78, 5) is 2.30. The number of aliphatic hydroxyl groups is 1. The maximum atomic E-state index is 10.4. The van der Waals surface area contributed by atoms with Gasteiger partial charge in [-0.15, -0.1) is 0 Å². The first-order chi connectivity index (χ1) is 9.65. The Labute approximate surface area is 124 Å². The fourth-order valence-electron chi connectivity index (χ4n) is 2.62. The Hall–Kier alpha value is -1.35. The third kappa shape index (κ3) is 2.88. The van der Waals surface area contributed by atoms with Crippen LogP contribution in [0.25, 0.3) is 0 Å². The Morgan fingerprint density at radius 2 is 1.85 bits per heavy atom. The fraction of sp³-hybridized carbons (Fsp3) is 0.294. The molecular weight excluding hydrogens is 270 g/mol. The molecule has 2 nitrogen and oxygen atoms in total. The van der Waals surface area contributed by atoms with Crippen molar-refractivity contribution in [2.45, 2.75) is 18.6 Å². The summed E-state index contributed by atoms with van der Waals surface area (Å²) in [5, 5.41) is 11.1. The lowest BCUT2D eigenvalue weighted by Crippen LogP contribution is -2.04. The van der Waals surface area contributed by atoms with Gasteiger partial charge in [-0.1, -0.05) is 48.0 Å². The Kier molecular flexibility index (Phi) is 3.79. The van der Waals surface area contributed by atoms with Gasteiger partial charge in [-0.3, -0.25) is 4.90 Å². The Morgan fingerprint density at radius 1 is 1.20 bits per heavy atom. The first-order valence-electron chi connectivity index (χ1n) is 6.86. The van der Waals surface area contributed by atoms with E-state index in [4.69, 9.17) is 11.6 Å². The quantitative estimate of drug-likeness (QED) is 0.869. The second-order valence-corrected chi connectivity index (χ2v) is 5.86. The van der Waals surface area contributed by atoms with Crippen LogP contribution in [0.2, 0.25) is 5.02 Å². The molecule has 0 saturated carbocycles. The van der Waals surface area contributed by atoms with Gasteiger partial charge in [0.05, 0.1) is 6.10 Å². The minimum absolute atomic E-state index is 0.488. The van der Waals surface area contributed by atoms with Gasteiger partial charge in [-0.2, -0.15) is 0 Å². The molecule has 1 aliphatic rings. The van der Waals surface area contributed by atoms with Gasteiger partial charge in [0.2, 0.25) is 0 Å². The lowest BCUT2D eigenvalue weighted by atomic mass is 9.96. The molecule has 1 heterocycles. The number of hydrogen-bond acceptors (Lipinski definition) is 2. The van der Waals surface area contributed by atoms with E-state index >= 15 is 0 Å². The minimum atomic E-state index is -0.488. The van der Waals surface area contributed by atoms with E-state index in [9.17, 15) is 5.11 Å². The van der Waals surface area contributed by atoms with Crippen LogP contribution in [-0.4, -0.2) is 23.6 Å². The summed E-state index contributed by atoms with van der Waals surface area (Å²) in [6.45, 7) is 1.11. The summed E-state index contributed by atoms with van der Waals surface area (Å²) in [7, 11) is 2.12. The maximum Gasteiger partial charge on any atom is 0.0830 e. The highest BCUT2D eigenvalue weighted by molar-refractivity contribution is 6.30. The number of rotatable bonds is 4. The molecule has 1 fully saturated rings. The monoisotopic (exact) mass is 287 g/mol. The predicted octanol–water partition coefficient (Wildman–Crippen LogP) is 3.60. The minimum Gasteiger partial charge on any atom is -0.388 e. The van der Waals surface area contributed by atoms with E-state index in [-0.39, 0.29) is 0 Å². The van der Waals surface area contributed by atoms with Crippen LogP contribution in [0.4, 0.5) is 0 Å². The third-order valence-corrected chi connectivity index (χ3v) is 4.19. The maximum absolute atomic E-state index is 10.4. The van der Waals surface area contributed by atoms with E-state index in [1.54, 1.807) is 0 Å². The highest BCUT2D eigenvalue weighted by atomic mass is 35.5. The van der Waals surface area contributed by atoms with Crippen molar-refractivity contribution in [2.24, 2.45) is 0 Å². The van der Waals surface area contributed by atoms with Crippen LogP contribution in [0, 0.1) is 0 Å². The second-order valence-electron chi connectivity index (χ2n) is 5.43. The van der Waals surface area contributed by atoms with Gasteiger partial charge >= 0.3 is 0 Å². The smallest absolute Gasteiger partial charge is 0.0830 e. The van der Waals surface area contributed by atoms with Gasteiger partial charge in [0.1, 0.15) is 0 Å². The summed E-state index contributed by atoms with van der Waals surface area (Å²) >= 11 is 5.88. The molecule has 3 rings (SSSR count). The van der Waals surface area contributed by atoms with Crippen molar-refractivity contribution in [3.63, 3.8) is 0 Å². The lowest BCUT2D eigenvalue weighted by Gasteiger charge is -2.14. The van der Waals surface area contributed by atoms with Gasteiger partial charge < -0.3 is 5.11 Å². The average Bonchev–Trinajstić information content (AvgIpc) is 3.17. The van der Waals surface area contributed by atoms with Crippen molar-refractivity contribution in [1.29, 1.82) is 0 Å². The van der Waals surface area contributed by atoms with E-state index in [0.29, 0.717) is 17.5 Å². The first-order valence-corrected chi connectivity index (χ1v) is 7.24. The molecule has 0 aromatic heterocycles. The molecule has 3 atom stereocenters.